The first-order valence-corrected chi connectivity index (χ1v) is 5.32. The van der Waals surface area contributed by atoms with Gasteiger partial charge in [0.05, 0.1) is 13.5 Å². The number of methoxy groups -OCH3 is 1. The Morgan fingerprint density at radius 1 is 1.25 bits per heavy atom. The number of guanidine groups is 2. The summed E-state index contributed by atoms with van der Waals surface area (Å²) < 4.78 is 31.8. The van der Waals surface area contributed by atoms with Crippen LogP contribution in [0.2, 0.25) is 0 Å². The predicted octanol–water partition coefficient (Wildman–Crippen LogP) is -0.100. The van der Waals surface area contributed by atoms with Gasteiger partial charge in [-0.25, -0.2) is 13.8 Å². The van der Waals surface area contributed by atoms with Crippen LogP contribution in [0.5, 0.6) is 0 Å². The van der Waals surface area contributed by atoms with E-state index < -0.39 is 35.7 Å². The Morgan fingerprint density at radius 3 is 2.45 bits per heavy atom. The number of nitrogens with two attached hydrogens (primary N) is 3. The Hall–Kier alpha value is -2.71. The Labute approximate surface area is 113 Å². The number of aliphatic imine (C=N–C) groups is 2. The van der Waals surface area contributed by atoms with E-state index in [1.54, 1.807) is 0 Å². The van der Waals surface area contributed by atoms with Crippen LogP contribution in [0.3, 0.4) is 0 Å². The molecule has 7 nitrogen and oxygen atoms in total. The molecule has 0 radical (unpaired) electrons. The lowest BCUT2D eigenvalue weighted by molar-refractivity contribution is -0.139. The van der Waals surface area contributed by atoms with Crippen molar-refractivity contribution in [3.8, 4) is 0 Å². The van der Waals surface area contributed by atoms with Crippen molar-refractivity contribution in [2.45, 2.75) is 6.42 Å². The largest absolute Gasteiger partial charge is 0.469 e. The zero-order valence-corrected chi connectivity index (χ0v) is 10.6. The van der Waals surface area contributed by atoms with Crippen molar-refractivity contribution in [1.82, 2.24) is 0 Å². The zero-order valence-electron chi connectivity index (χ0n) is 10.6. The minimum atomic E-state index is -1.26. The molecule has 0 amide bonds. The Bertz CT molecular complexity index is 582. The molecule has 9 heteroatoms. The van der Waals surface area contributed by atoms with Gasteiger partial charge in [-0.1, -0.05) is 6.07 Å². The number of halogens is 2. The van der Waals surface area contributed by atoms with Crippen molar-refractivity contribution in [3.63, 3.8) is 0 Å². The maximum absolute atomic E-state index is 13.7. The number of ether oxygens (including phenoxy) is 1. The molecule has 0 saturated carbocycles. The topological polar surface area (TPSA) is 129 Å². The summed E-state index contributed by atoms with van der Waals surface area (Å²) in [7, 11) is 1.14. The fourth-order valence-corrected chi connectivity index (χ4v) is 1.31. The van der Waals surface area contributed by atoms with E-state index in [2.05, 4.69) is 14.7 Å². The van der Waals surface area contributed by atoms with Crippen molar-refractivity contribution in [2.24, 2.45) is 27.2 Å². The van der Waals surface area contributed by atoms with Gasteiger partial charge in [-0.2, -0.15) is 4.99 Å². The number of nitrogens with zero attached hydrogens (tertiary/aromatic N) is 2. The third kappa shape index (κ3) is 3.90. The molecule has 0 aliphatic carbocycles. The van der Waals surface area contributed by atoms with Gasteiger partial charge in [0.1, 0.15) is 5.69 Å². The van der Waals surface area contributed by atoms with E-state index in [9.17, 15) is 13.6 Å². The second-order valence-corrected chi connectivity index (χ2v) is 3.63. The molecule has 108 valence electrons. The summed E-state index contributed by atoms with van der Waals surface area (Å²) >= 11 is 0. The summed E-state index contributed by atoms with van der Waals surface area (Å²) in [5.74, 6) is -3.97. The van der Waals surface area contributed by atoms with E-state index in [0.717, 1.165) is 13.2 Å². The third-order valence-electron chi connectivity index (χ3n) is 2.18. The van der Waals surface area contributed by atoms with Gasteiger partial charge >= 0.3 is 5.97 Å². The smallest absolute Gasteiger partial charge is 0.310 e. The van der Waals surface area contributed by atoms with Crippen LogP contribution in [0, 0.1) is 11.6 Å². The van der Waals surface area contributed by atoms with Crippen molar-refractivity contribution in [1.29, 1.82) is 0 Å². The first-order valence-electron chi connectivity index (χ1n) is 5.32. The third-order valence-corrected chi connectivity index (χ3v) is 2.18. The fraction of sp³-hybridized carbons (Fsp3) is 0.182. The monoisotopic (exact) mass is 285 g/mol. The molecule has 0 aromatic heterocycles. The number of hydrogen-bond acceptors (Lipinski definition) is 3. The number of rotatable bonds is 3. The van der Waals surface area contributed by atoms with E-state index >= 15 is 0 Å². The number of carbonyl (C=O) groups is 1. The standard InChI is InChI=1S/C11H13F2N5O2/c1-20-7(19)4-5-2-3-6(9(13)8(5)12)17-11(16)18-10(14)15/h2-3H,4H2,1H3,(H6,14,15,16,17,18). The van der Waals surface area contributed by atoms with Crippen LogP contribution in [-0.4, -0.2) is 25.0 Å². The van der Waals surface area contributed by atoms with Gasteiger partial charge in [0.2, 0.25) is 5.96 Å². The van der Waals surface area contributed by atoms with Gasteiger partial charge in [0, 0.05) is 5.56 Å². The fourth-order valence-electron chi connectivity index (χ4n) is 1.31. The van der Waals surface area contributed by atoms with Gasteiger partial charge < -0.3 is 21.9 Å². The molecule has 0 heterocycles. The molecule has 0 spiro atoms. The number of esters is 1. The van der Waals surface area contributed by atoms with Crippen LogP contribution < -0.4 is 17.2 Å². The van der Waals surface area contributed by atoms with Crippen molar-refractivity contribution >= 4 is 23.6 Å². The van der Waals surface area contributed by atoms with E-state index in [0.29, 0.717) is 0 Å². The summed E-state index contributed by atoms with van der Waals surface area (Å²) in [4.78, 5) is 17.9. The molecule has 0 atom stereocenters. The molecular formula is C11H13F2N5O2. The molecule has 6 N–H and O–H groups in total. The minimum absolute atomic E-state index is 0.159. The van der Waals surface area contributed by atoms with Gasteiger partial charge in [0.25, 0.3) is 0 Å². The van der Waals surface area contributed by atoms with Crippen molar-refractivity contribution in [2.75, 3.05) is 7.11 Å². The average Bonchev–Trinajstić information content (AvgIpc) is 2.37. The predicted molar refractivity (Wildman–Crippen MR) is 69.2 cm³/mol. The molecule has 1 aromatic carbocycles. The molecule has 0 aliphatic rings. The van der Waals surface area contributed by atoms with Crippen LogP contribution >= 0.6 is 0 Å². The molecule has 1 aromatic rings. The van der Waals surface area contributed by atoms with Crippen LogP contribution in [0.4, 0.5) is 14.5 Å². The Balaban J connectivity index is 3.12. The summed E-state index contributed by atoms with van der Waals surface area (Å²) in [6, 6.07) is 2.34. The lowest BCUT2D eigenvalue weighted by Gasteiger charge is -2.05. The van der Waals surface area contributed by atoms with Gasteiger partial charge in [0.15, 0.2) is 17.6 Å². The number of benzene rings is 1. The van der Waals surface area contributed by atoms with Crippen LogP contribution in [0.25, 0.3) is 0 Å². The van der Waals surface area contributed by atoms with Crippen molar-refractivity contribution < 1.29 is 18.3 Å². The maximum Gasteiger partial charge on any atom is 0.310 e. The lowest BCUT2D eigenvalue weighted by Crippen LogP contribution is -2.26. The van der Waals surface area contributed by atoms with E-state index in [4.69, 9.17) is 17.2 Å². The van der Waals surface area contributed by atoms with Crippen molar-refractivity contribution in [3.05, 3.63) is 29.3 Å². The molecule has 1 rings (SSSR count). The van der Waals surface area contributed by atoms with Crippen LogP contribution in [0.1, 0.15) is 5.56 Å². The van der Waals surface area contributed by atoms with Gasteiger partial charge in [-0.15, -0.1) is 0 Å². The molecule has 0 aliphatic heterocycles. The lowest BCUT2D eigenvalue weighted by atomic mass is 10.1. The minimum Gasteiger partial charge on any atom is -0.469 e. The zero-order chi connectivity index (χ0) is 15.3. The molecule has 0 unspecified atom stereocenters. The molecule has 0 bridgehead atoms. The van der Waals surface area contributed by atoms with Crippen LogP contribution in [-0.2, 0) is 16.0 Å². The normalized spacial score (nSPS) is 11.1. The van der Waals surface area contributed by atoms with E-state index in [1.807, 2.05) is 0 Å². The van der Waals surface area contributed by atoms with Gasteiger partial charge in [-0.05, 0) is 6.07 Å². The van der Waals surface area contributed by atoms with Gasteiger partial charge in [-0.3, -0.25) is 4.79 Å². The quantitative estimate of drug-likeness (QED) is 0.405. The first-order chi connectivity index (χ1) is 9.35. The van der Waals surface area contributed by atoms with E-state index in [1.165, 1.54) is 6.07 Å². The highest BCUT2D eigenvalue weighted by molar-refractivity contribution is 5.93. The number of hydrogen-bond donors (Lipinski definition) is 3. The molecular weight excluding hydrogens is 272 g/mol. The maximum atomic E-state index is 13.7. The highest BCUT2D eigenvalue weighted by Crippen LogP contribution is 2.23. The first kappa shape index (κ1) is 15.3. The summed E-state index contributed by atoms with van der Waals surface area (Å²) in [6.07, 6.45) is -0.396. The molecule has 0 saturated heterocycles. The second kappa shape index (κ2) is 6.45. The summed E-state index contributed by atoms with van der Waals surface area (Å²) in [5, 5.41) is 0. The Morgan fingerprint density at radius 2 is 1.90 bits per heavy atom. The number of carbonyl (C=O) groups excluding carboxylic acids is 1. The molecule has 0 fully saturated rings. The summed E-state index contributed by atoms with van der Waals surface area (Å²) in [6.45, 7) is 0. The highest BCUT2D eigenvalue weighted by atomic mass is 19.2. The highest BCUT2D eigenvalue weighted by Gasteiger charge is 2.16. The van der Waals surface area contributed by atoms with Crippen LogP contribution in [0.15, 0.2) is 22.1 Å². The van der Waals surface area contributed by atoms with E-state index in [-0.39, 0.29) is 11.5 Å². The Kier molecular flexibility index (Phi) is 4.95. The molecule has 20 heavy (non-hydrogen) atoms. The average molecular weight is 285 g/mol. The summed E-state index contributed by atoms with van der Waals surface area (Å²) in [5.41, 5.74) is 14.9. The second-order valence-electron chi connectivity index (χ2n) is 3.63. The SMILES string of the molecule is COC(=O)Cc1ccc(N=C(N)N=C(N)N)c(F)c1F.